The molecule has 0 saturated carbocycles. The van der Waals surface area contributed by atoms with Gasteiger partial charge < -0.3 is 15.1 Å². The van der Waals surface area contributed by atoms with Crippen molar-refractivity contribution in [1.82, 2.24) is 20.0 Å². The van der Waals surface area contributed by atoms with Crippen molar-refractivity contribution in [2.75, 3.05) is 52.4 Å². The van der Waals surface area contributed by atoms with Gasteiger partial charge in [-0.25, -0.2) is 0 Å². The fourth-order valence-corrected chi connectivity index (χ4v) is 3.68. The maximum atomic E-state index is 12.4. The number of halogens is 1. The van der Waals surface area contributed by atoms with E-state index in [1.165, 1.54) is 0 Å². The van der Waals surface area contributed by atoms with Gasteiger partial charge in [0.2, 0.25) is 11.8 Å². The van der Waals surface area contributed by atoms with E-state index in [1.807, 2.05) is 9.80 Å². The Bertz CT molecular complexity index is 696. The van der Waals surface area contributed by atoms with Crippen LogP contribution in [0.3, 0.4) is 0 Å². The second-order valence-electron chi connectivity index (χ2n) is 7.26. The largest absolute Gasteiger partial charge is 0.352 e. The molecule has 2 aliphatic rings. The average molecular weight is 407 g/mol. The van der Waals surface area contributed by atoms with Gasteiger partial charge in [0.25, 0.3) is 5.91 Å². The maximum absolute atomic E-state index is 12.4. The van der Waals surface area contributed by atoms with Gasteiger partial charge in [0.15, 0.2) is 0 Å². The molecule has 0 radical (unpaired) electrons. The normalized spacial score (nSPS) is 17.6. The van der Waals surface area contributed by atoms with E-state index in [0.29, 0.717) is 49.9 Å². The van der Waals surface area contributed by atoms with Crippen molar-refractivity contribution in [1.29, 1.82) is 0 Å². The smallest absolute Gasteiger partial charge is 0.251 e. The van der Waals surface area contributed by atoms with Crippen molar-refractivity contribution >= 4 is 29.3 Å². The number of amides is 3. The van der Waals surface area contributed by atoms with Gasteiger partial charge in [0.1, 0.15) is 0 Å². The SMILES string of the molecule is O=C(NCCC(=O)N1CCN(CC(=O)N2CCCC2)CC1)c1ccc(Cl)cc1. The Labute approximate surface area is 170 Å². The summed E-state index contributed by atoms with van der Waals surface area (Å²) < 4.78 is 0. The number of benzene rings is 1. The van der Waals surface area contributed by atoms with E-state index < -0.39 is 0 Å². The molecule has 3 amide bonds. The summed E-state index contributed by atoms with van der Waals surface area (Å²) in [4.78, 5) is 42.5. The summed E-state index contributed by atoms with van der Waals surface area (Å²) in [5, 5.41) is 3.34. The highest BCUT2D eigenvalue weighted by Crippen LogP contribution is 2.11. The Morgan fingerprint density at radius 3 is 2.11 bits per heavy atom. The van der Waals surface area contributed by atoms with E-state index >= 15 is 0 Å². The third-order valence-corrected chi connectivity index (χ3v) is 5.53. The van der Waals surface area contributed by atoms with Crippen molar-refractivity contribution in [2.24, 2.45) is 0 Å². The number of nitrogens with one attached hydrogen (secondary N) is 1. The van der Waals surface area contributed by atoms with Crippen molar-refractivity contribution in [3.8, 4) is 0 Å². The van der Waals surface area contributed by atoms with E-state index in [0.717, 1.165) is 25.9 Å². The quantitative estimate of drug-likeness (QED) is 0.771. The zero-order chi connectivity index (χ0) is 19.9. The minimum absolute atomic E-state index is 0.0296. The lowest BCUT2D eigenvalue weighted by Gasteiger charge is -2.35. The molecular formula is C20H27ClN4O3. The number of nitrogens with zero attached hydrogens (tertiary/aromatic N) is 3. The van der Waals surface area contributed by atoms with Crippen LogP contribution in [-0.2, 0) is 9.59 Å². The second-order valence-corrected chi connectivity index (χ2v) is 7.69. The lowest BCUT2D eigenvalue weighted by atomic mass is 10.2. The molecule has 0 spiro atoms. The topological polar surface area (TPSA) is 73.0 Å². The van der Waals surface area contributed by atoms with Gasteiger partial charge in [-0.05, 0) is 37.1 Å². The molecule has 0 aromatic heterocycles. The summed E-state index contributed by atoms with van der Waals surface area (Å²) in [6.07, 6.45) is 2.47. The van der Waals surface area contributed by atoms with Crippen LogP contribution in [0.15, 0.2) is 24.3 Å². The first-order chi connectivity index (χ1) is 13.5. The molecule has 2 heterocycles. The summed E-state index contributed by atoms with van der Waals surface area (Å²) in [5.41, 5.74) is 0.521. The van der Waals surface area contributed by atoms with Crippen LogP contribution in [0.4, 0.5) is 0 Å². The molecular weight excluding hydrogens is 380 g/mol. The summed E-state index contributed by atoms with van der Waals surface area (Å²) in [7, 11) is 0. The van der Waals surface area contributed by atoms with Crippen molar-refractivity contribution in [2.45, 2.75) is 19.3 Å². The number of carbonyl (C=O) groups is 3. The van der Waals surface area contributed by atoms with Crippen LogP contribution in [0.1, 0.15) is 29.6 Å². The van der Waals surface area contributed by atoms with E-state index in [2.05, 4.69) is 10.2 Å². The summed E-state index contributed by atoms with van der Waals surface area (Å²) in [6.45, 7) is 5.16. The van der Waals surface area contributed by atoms with Gasteiger partial charge >= 0.3 is 0 Å². The lowest BCUT2D eigenvalue weighted by molar-refractivity contribution is -0.134. The zero-order valence-electron chi connectivity index (χ0n) is 16.0. The molecule has 2 saturated heterocycles. The molecule has 2 fully saturated rings. The molecule has 1 aromatic carbocycles. The minimum atomic E-state index is -0.213. The Kier molecular flexibility index (Phi) is 7.28. The second kappa shape index (κ2) is 9.89. The summed E-state index contributed by atoms with van der Waals surface area (Å²) in [6, 6.07) is 6.63. The third-order valence-electron chi connectivity index (χ3n) is 5.27. The van der Waals surface area contributed by atoms with Crippen molar-refractivity contribution < 1.29 is 14.4 Å². The van der Waals surface area contributed by atoms with Crippen LogP contribution in [0.25, 0.3) is 0 Å². The molecule has 8 heteroatoms. The number of hydrogen-bond donors (Lipinski definition) is 1. The molecule has 7 nitrogen and oxygen atoms in total. The highest BCUT2D eigenvalue weighted by Gasteiger charge is 2.25. The molecule has 0 bridgehead atoms. The zero-order valence-corrected chi connectivity index (χ0v) is 16.8. The Morgan fingerprint density at radius 2 is 1.46 bits per heavy atom. The van der Waals surface area contributed by atoms with Crippen molar-refractivity contribution in [3.05, 3.63) is 34.9 Å². The average Bonchev–Trinajstić information content (AvgIpc) is 3.24. The highest BCUT2D eigenvalue weighted by molar-refractivity contribution is 6.30. The van der Waals surface area contributed by atoms with E-state index in [-0.39, 0.29) is 24.1 Å². The fraction of sp³-hybridized carbons (Fsp3) is 0.550. The van der Waals surface area contributed by atoms with Gasteiger partial charge in [0.05, 0.1) is 6.54 Å². The first-order valence-electron chi connectivity index (χ1n) is 9.84. The van der Waals surface area contributed by atoms with E-state index in [4.69, 9.17) is 11.6 Å². The van der Waals surface area contributed by atoms with Crippen LogP contribution < -0.4 is 5.32 Å². The third kappa shape index (κ3) is 5.69. The molecule has 0 aliphatic carbocycles. The Hall–Kier alpha value is -2.12. The first kappa shape index (κ1) is 20.6. The standard InChI is InChI=1S/C20H27ClN4O3/c21-17-5-3-16(4-6-17)20(28)22-8-7-18(26)25-13-11-23(12-14-25)15-19(27)24-9-1-2-10-24/h3-6H,1-2,7-15H2,(H,22,28). The van der Waals surface area contributed by atoms with E-state index in [9.17, 15) is 14.4 Å². The number of piperazine rings is 1. The van der Waals surface area contributed by atoms with E-state index in [1.54, 1.807) is 24.3 Å². The number of rotatable bonds is 6. The molecule has 3 rings (SSSR count). The van der Waals surface area contributed by atoms with Gasteiger partial charge in [-0.1, -0.05) is 11.6 Å². The molecule has 152 valence electrons. The number of likely N-dealkylation sites (tertiary alicyclic amines) is 1. The monoisotopic (exact) mass is 406 g/mol. The molecule has 28 heavy (non-hydrogen) atoms. The van der Waals surface area contributed by atoms with Crippen LogP contribution in [0.2, 0.25) is 5.02 Å². The van der Waals surface area contributed by atoms with Crippen LogP contribution in [0.5, 0.6) is 0 Å². The van der Waals surface area contributed by atoms with Crippen LogP contribution in [-0.4, -0.2) is 84.8 Å². The minimum Gasteiger partial charge on any atom is -0.352 e. The Balaban J connectivity index is 1.34. The van der Waals surface area contributed by atoms with Gasteiger partial charge in [-0.15, -0.1) is 0 Å². The predicted octanol–water partition coefficient (Wildman–Crippen LogP) is 1.23. The van der Waals surface area contributed by atoms with Gasteiger partial charge in [0, 0.05) is 62.8 Å². The summed E-state index contributed by atoms with van der Waals surface area (Å²) in [5.74, 6) is 0.0128. The van der Waals surface area contributed by atoms with Gasteiger partial charge in [-0.3, -0.25) is 19.3 Å². The molecule has 0 unspecified atom stereocenters. The highest BCUT2D eigenvalue weighted by atomic mass is 35.5. The predicted molar refractivity (Wildman–Crippen MR) is 107 cm³/mol. The summed E-state index contributed by atoms with van der Waals surface area (Å²) >= 11 is 5.81. The number of carbonyl (C=O) groups excluding carboxylic acids is 3. The Morgan fingerprint density at radius 1 is 0.857 bits per heavy atom. The first-order valence-corrected chi connectivity index (χ1v) is 10.2. The number of hydrogen-bond acceptors (Lipinski definition) is 4. The van der Waals surface area contributed by atoms with Gasteiger partial charge in [-0.2, -0.15) is 0 Å². The molecule has 1 aromatic rings. The lowest BCUT2D eigenvalue weighted by Crippen LogP contribution is -2.51. The molecule has 0 atom stereocenters. The van der Waals surface area contributed by atoms with Crippen LogP contribution >= 0.6 is 11.6 Å². The molecule has 1 N–H and O–H groups in total. The van der Waals surface area contributed by atoms with Crippen molar-refractivity contribution in [3.63, 3.8) is 0 Å². The molecule has 2 aliphatic heterocycles. The van der Waals surface area contributed by atoms with Crippen LogP contribution in [0, 0.1) is 0 Å². The fourth-order valence-electron chi connectivity index (χ4n) is 3.56. The maximum Gasteiger partial charge on any atom is 0.251 e.